The van der Waals surface area contributed by atoms with Gasteiger partial charge in [0.2, 0.25) is 11.8 Å². The van der Waals surface area contributed by atoms with Crippen LogP contribution in [-0.4, -0.2) is 61.0 Å². The molecule has 1 saturated heterocycles. The Morgan fingerprint density at radius 1 is 1.05 bits per heavy atom. The van der Waals surface area contributed by atoms with Crippen molar-refractivity contribution >= 4 is 21.9 Å². The van der Waals surface area contributed by atoms with E-state index in [4.69, 9.17) is 4.74 Å². The van der Waals surface area contributed by atoms with Crippen LogP contribution < -0.4 is 14.8 Å². The van der Waals surface area contributed by atoms with E-state index in [-0.39, 0.29) is 52.2 Å². The lowest BCUT2D eigenvalue weighted by molar-refractivity contribution is -0.0363. The van der Waals surface area contributed by atoms with Crippen LogP contribution in [0.4, 0.5) is 5.95 Å². The summed E-state index contributed by atoms with van der Waals surface area (Å²) in [5.41, 5.74) is 3.93. The average molecular weight is 618 g/mol. The van der Waals surface area contributed by atoms with Gasteiger partial charge in [0.1, 0.15) is 6.61 Å². The molecule has 2 fully saturated rings. The van der Waals surface area contributed by atoms with Crippen molar-refractivity contribution in [3.8, 4) is 17.1 Å². The number of nitrogens with one attached hydrogen (secondary N) is 2. The van der Waals surface area contributed by atoms with Crippen LogP contribution in [0.15, 0.2) is 53.4 Å². The van der Waals surface area contributed by atoms with Gasteiger partial charge in [-0.2, -0.15) is 4.98 Å². The third-order valence-electron chi connectivity index (χ3n) is 9.25. The number of nitrogens with zero attached hydrogens (tertiary/aromatic N) is 3. The molecule has 1 spiro atoms. The van der Waals surface area contributed by atoms with Crippen molar-refractivity contribution in [1.29, 1.82) is 0 Å². The molecular weight excluding hydrogens is 574 g/mol. The number of fused-ring (bicyclic) bond motifs is 4. The first-order valence-corrected chi connectivity index (χ1v) is 17.1. The summed E-state index contributed by atoms with van der Waals surface area (Å²) in [7, 11) is -4.10. The van der Waals surface area contributed by atoms with Crippen LogP contribution in [0.25, 0.3) is 11.3 Å². The number of sulfonamides is 1. The highest BCUT2D eigenvalue weighted by Gasteiger charge is 2.50. The van der Waals surface area contributed by atoms with E-state index in [1.807, 2.05) is 36.9 Å². The molecular formula is C34H43N5O4S. The first-order valence-electron chi connectivity index (χ1n) is 15.6. The summed E-state index contributed by atoms with van der Waals surface area (Å²) in [6.07, 6.45) is 4.84. The van der Waals surface area contributed by atoms with E-state index in [9.17, 15) is 13.2 Å². The van der Waals surface area contributed by atoms with Gasteiger partial charge in [-0.25, -0.2) is 18.1 Å². The Morgan fingerprint density at radius 3 is 2.45 bits per heavy atom. The summed E-state index contributed by atoms with van der Waals surface area (Å²) in [5, 5.41) is 3.55. The highest BCUT2D eigenvalue weighted by molar-refractivity contribution is 7.92. The molecule has 1 aliphatic carbocycles. The Morgan fingerprint density at radius 2 is 1.77 bits per heavy atom. The molecule has 234 valence electrons. The van der Waals surface area contributed by atoms with Gasteiger partial charge in [-0.1, -0.05) is 45.0 Å². The van der Waals surface area contributed by atoms with Crippen LogP contribution >= 0.6 is 0 Å². The average Bonchev–Trinajstić information content (AvgIpc) is 2.94. The van der Waals surface area contributed by atoms with Gasteiger partial charge in [0.25, 0.3) is 15.9 Å². The van der Waals surface area contributed by atoms with Crippen molar-refractivity contribution in [1.82, 2.24) is 20.2 Å². The number of aryl methyl sites for hydroxylation is 2. The van der Waals surface area contributed by atoms with E-state index in [0.717, 1.165) is 55.5 Å². The lowest BCUT2D eigenvalue weighted by Gasteiger charge is -2.55. The van der Waals surface area contributed by atoms with Crippen molar-refractivity contribution in [3.63, 3.8) is 0 Å². The zero-order valence-corrected chi connectivity index (χ0v) is 27.1. The largest absolute Gasteiger partial charge is 0.475 e. The number of aromatic nitrogens is 2. The summed E-state index contributed by atoms with van der Waals surface area (Å²) in [5.74, 6) is 0.0112. The molecule has 10 heteroatoms. The van der Waals surface area contributed by atoms with Gasteiger partial charge in [0.15, 0.2) is 0 Å². The second-order valence-corrected chi connectivity index (χ2v) is 15.8. The van der Waals surface area contributed by atoms with E-state index < -0.39 is 10.0 Å². The molecule has 4 bridgehead atoms. The van der Waals surface area contributed by atoms with E-state index in [0.29, 0.717) is 17.7 Å². The molecule has 0 unspecified atom stereocenters. The number of amides is 1. The van der Waals surface area contributed by atoms with Gasteiger partial charge in [-0.05, 0) is 92.7 Å². The predicted molar refractivity (Wildman–Crippen MR) is 171 cm³/mol. The summed E-state index contributed by atoms with van der Waals surface area (Å²) in [6, 6.07) is 13.8. The molecule has 6 rings (SSSR count). The molecule has 1 amide bonds. The smallest absolute Gasteiger partial charge is 0.264 e. The fraction of sp³-hybridized carbons (Fsp3) is 0.500. The molecule has 3 heterocycles. The molecule has 2 aromatic carbocycles. The zero-order chi connectivity index (χ0) is 31.3. The van der Waals surface area contributed by atoms with Crippen molar-refractivity contribution in [2.24, 2.45) is 10.8 Å². The molecule has 3 aromatic rings. The van der Waals surface area contributed by atoms with E-state index in [2.05, 4.69) is 40.8 Å². The van der Waals surface area contributed by atoms with Crippen LogP contribution in [0.5, 0.6) is 5.88 Å². The maximum Gasteiger partial charge on any atom is 0.264 e. The number of carbonyl (C=O) groups is 1. The third-order valence-corrected chi connectivity index (χ3v) is 10.6. The fourth-order valence-corrected chi connectivity index (χ4v) is 8.28. The van der Waals surface area contributed by atoms with Crippen molar-refractivity contribution < 1.29 is 17.9 Å². The highest BCUT2D eigenvalue weighted by Crippen LogP contribution is 2.49. The maximum absolute atomic E-state index is 14.4. The number of hydrogen-bond acceptors (Lipinski definition) is 7. The number of ether oxygens (including phenoxy) is 1. The molecule has 2 N–H and O–H groups in total. The molecule has 2 aliphatic heterocycles. The highest BCUT2D eigenvalue weighted by atomic mass is 32.2. The van der Waals surface area contributed by atoms with Gasteiger partial charge < -0.3 is 15.0 Å². The van der Waals surface area contributed by atoms with Gasteiger partial charge in [-0.15, -0.1) is 0 Å². The Kier molecular flexibility index (Phi) is 7.94. The second kappa shape index (κ2) is 11.5. The van der Waals surface area contributed by atoms with Crippen molar-refractivity contribution in [3.05, 3.63) is 65.2 Å². The lowest BCUT2D eigenvalue weighted by Crippen LogP contribution is -2.61. The minimum atomic E-state index is -4.10. The van der Waals surface area contributed by atoms with Crippen LogP contribution in [-0.2, 0) is 10.0 Å². The Hall–Kier alpha value is -3.50. The van der Waals surface area contributed by atoms with Gasteiger partial charge >= 0.3 is 0 Å². The van der Waals surface area contributed by atoms with E-state index >= 15 is 0 Å². The molecule has 3 aliphatic rings. The number of piperidine rings is 1. The zero-order valence-electron chi connectivity index (χ0n) is 26.3. The Balaban J connectivity index is 1.46. The number of anilines is 1. The van der Waals surface area contributed by atoms with Crippen LogP contribution in [0.1, 0.15) is 74.4 Å². The normalized spacial score (nSPS) is 25.1. The van der Waals surface area contributed by atoms with Crippen LogP contribution in [0, 0.1) is 24.7 Å². The fourth-order valence-electron chi connectivity index (χ4n) is 7.29. The number of benzene rings is 2. The van der Waals surface area contributed by atoms with Crippen LogP contribution in [0.2, 0.25) is 0 Å². The summed E-state index contributed by atoms with van der Waals surface area (Å²) < 4.78 is 36.3. The molecule has 1 aromatic heterocycles. The molecule has 9 nitrogen and oxygen atoms in total. The van der Waals surface area contributed by atoms with Gasteiger partial charge in [0.05, 0.1) is 16.6 Å². The first kappa shape index (κ1) is 30.5. The SMILES string of the molecule is Cc1cccc(C)c1-c1cc2nc(n1)NS(=O)(=O)c1cccc(c1)C(=O)N(C1CC3(CCCNC3)C1)[C@H](CC(C)(C)C)CO2. The Bertz CT molecular complexity index is 1650. The summed E-state index contributed by atoms with van der Waals surface area (Å²) >= 11 is 0. The molecule has 1 saturated carbocycles. The molecule has 1 atom stereocenters. The second-order valence-electron chi connectivity index (χ2n) is 14.1. The Labute approximate surface area is 260 Å². The maximum atomic E-state index is 14.4. The number of hydrogen-bond donors (Lipinski definition) is 2. The van der Waals surface area contributed by atoms with E-state index in [1.165, 1.54) is 12.1 Å². The first-order chi connectivity index (χ1) is 20.8. The van der Waals surface area contributed by atoms with Gasteiger partial charge in [0, 0.05) is 29.8 Å². The monoisotopic (exact) mass is 617 g/mol. The third kappa shape index (κ3) is 6.19. The van der Waals surface area contributed by atoms with E-state index in [1.54, 1.807) is 18.2 Å². The molecule has 0 radical (unpaired) electrons. The van der Waals surface area contributed by atoms with Crippen LogP contribution in [0.3, 0.4) is 0 Å². The van der Waals surface area contributed by atoms with Crippen molar-refractivity contribution in [2.75, 3.05) is 24.4 Å². The standard InChI is InChI=1S/C34H43N5O4S/c1-22-9-6-10-23(2)30(22)28-16-29-37-32(36-28)38-44(41,42)27-12-7-11-24(15-27)31(40)39(26(20-43-29)17-33(3,4)5)25-18-34(19-25)13-8-14-35-21-34/h6-7,9-12,15-16,25-26,35H,8,13-14,17-21H2,1-5H3,(H,36,37,38)/t25?,26-,34?/m1/s1. The quantitative estimate of drug-likeness (QED) is 0.386. The lowest BCUT2D eigenvalue weighted by atomic mass is 9.61. The number of rotatable bonds is 3. The van der Waals surface area contributed by atoms with Crippen molar-refractivity contribution in [2.45, 2.75) is 83.7 Å². The summed E-state index contributed by atoms with van der Waals surface area (Å²) in [6.45, 7) is 12.7. The molecule has 44 heavy (non-hydrogen) atoms. The topological polar surface area (TPSA) is 114 Å². The minimum Gasteiger partial charge on any atom is -0.475 e. The predicted octanol–water partition coefficient (Wildman–Crippen LogP) is 5.73. The minimum absolute atomic E-state index is 0.0139. The number of carbonyl (C=O) groups excluding carboxylic acids is 1. The summed E-state index contributed by atoms with van der Waals surface area (Å²) in [4.78, 5) is 25.5. The van der Waals surface area contributed by atoms with Gasteiger partial charge in [-0.3, -0.25) is 4.79 Å².